The topological polar surface area (TPSA) is 32.3 Å². The molecular weight excluding hydrogens is 198 g/mol. The fourth-order valence-electron chi connectivity index (χ4n) is 3.31. The lowest BCUT2D eigenvalue weighted by Gasteiger charge is -2.26. The summed E-state index contributed by atoms with van der Waals surface area (Å²) in [6, 6.07) is 0.789. The van der Waals surface area contributed by atoms with Gasteiger partial charge >= 0.3 is 0 Å². The smallest absolute Gasteiger partial charge is 0.0540 e. The second-order valence-electron chi connectivity index (χ2n) is 5.87. The average molecular weight is 225 g/mol. The maximum Gasteiger partial charge on any atom is 0.0540 e. The summed E-state index contributed by atoms with van der Waals surface area (Å²) in [5.41, 5.74) is 0. The molecule has 2 atom stereocenters. The van der Waals surface area contributed by atoms with E-state index in [4.69, 9.17) is 0 Å². The molecule has 16 heavy (non-hydrogen) atoms. The Labute approximate surface area is 99.8 Å². The lowest BCUT2D eigenvalue weighted by atomic mass is 9.87. The van der Waals surface area contributed by atoms with Gasteiger partial charge in [0.05, 0.1) is 6.10 Å². The van der Waals surface area contributed by atoms with Gasteiger partial charge in [0, 0.05) is 6.04 Å². The minimum absolute atomic E-state index is 0.00722. The van der Waals surface area contributed by atoms with Gasteiger partial charge in [0.25, 0.3) is 0 Å². The van der Waals surface area contributed by atoms with E-state index in [0.717, 1.165) is 30.7 Å². The zero-order valence-electron chi connectivity index (χ0n) is 10.6. The van der Waals surface area contributed by atoms with E-state index in [1.54, 1.807) is 0 Å². The predicted molar refractivity (Wildman–Crippen MR) is 67.4 cm³/mol. The fourth-order valence-corrected chi connectivity index (χ4v) is 3.31. The van der Waals surface area contributed by atoms with Crippen molar-refractivity contribution in [3.63, 3.8) is 0 Å². The lowest BCUT2D eigenvalue weighted by Crippen LogP contribution is -2.33. The Morgan fingerprint density at radius 3 is 2.31 bits per heavy atom. The molecule has 0 aliphatic heterocycles. The Morgan fingerprint density at radius 2 is 1.69 bits per heavy atom. The van der Waals surface area contributed by atoms with E-state index in [2.05, 4.69) is 12.2 Å². The van der Waals surface area contributed by atoms with Gasteiger partial charge in [-0.25, -0.2) is 0 Å². The molecule has 2 nitrogen and oxygen atoms in total. The van der Waals surface area contributed by atoms with Gasteiger partial charge in [0.15, 0.2) is 0 Å². The van der Waals surface area contributed by atoms with Crippen LogP contribution in [-0.2, 0) is 0 Å². The number of rotatable bonds is 4. The van der Waals surface area contributed by atoms with Crippen molar-refractivity contribution >= 4 is 0 Å². The summed E-state index contributed by atoms with van der Waals surface area (Å²) in [5.74, 6) is 1.80. The Hall–Kier alpha value is -0.0800. The van der Waals surface area contributed by atoms with Crippen LogP contribution in [0.15, 0.2) is 0 Å². The highest BCUT2D eigenvalue weighted by Gasteiger charge is 2.24. The molecular formula is C14H27NO. The molecule has 94 valence electrons. The van der Waals surface area contributed by atoms with Crippen LogP contribution in [-0.4, -0.2) is 23.8 Å². The highest BCUT2D eigenvalue weighted by molar-refractivity contribution is 4.81. The van der Waals surface area contributed by atoms with Crippen molar-refractivity contribution in [2.24, 2.45) is 11.8 Å². The molecule has 2 saturated carbocycles. The van der Waals surface area contributed by atoms with Crippen molar-refractivity contribution in [2.45, 2.75) is 70.4 Å². The summed E-state index contributed by atoms with van der Waals surface area (Å²) < 4.78 is 0. The molecule has 0 aromatic rings. The molecule has 2 heteroatoms. The van der Waals surface area contributed by atoms with Crippen LogP contribution in [0.3, 0.4) is 0 Å². The van der Waals surface area contributed by atoms with Crippen molar-refractivity contribution in [1.82, 2.24) is 5.32 Å². The molecule has 0 heterocycles. The molecule has 2 rings (SSSR count). The summed E-state index contributed by atoms with van der Waals surface area (Å²) in [7, 11) is 0. The maximum atomic E-state index is 9.45. The summed E-state index contributed by atoms with van der Waals surface area (Å²) in [6.07, 6.45) is 10.0. The maximum absolute atomic E-state index is 9.45. The van der Waals surface area contributed by atoms with Gasteiger partial charge in [0.2, 0.25) is 0 Å². The Bertz CT molecular complexity index is 197. The van der Waals surface area contributed by atoms with E-state index < -0.39 is 0 Å². The minimum Gasteiger partial charge on any atom is -0.393 e. The Balaban J connectivity index is 1.61. The monoisotopic (exact) mass is 225 g/mol. The summed E-state index contributed by atoms with van der Waals surface area (Å²) in [5, 5.41) is 13.2. The van der Waals surface area contributed by atoms with Crippen LogP contribution < -0.4 is 5.32 Å². The summed E-state index contributed by atoms with van der Waals surface area (Å²) in [6.45, 7) is 3.50. The van der Waals surface area contributed by atoms with E-state index in [1.165, 1.54) is 45.1 Å². The van der Waals surface area contributed by atoms with E-state index in [1.807, 2.05) is 0 Å². The molecule has 0 amide bonds. The van der Waals surface area contributed by atoms with Crippen LogP contribution in [0.5, 0.6) is 0 Å². The molecule has 0 aromatic carbocycles. The van der Waals surface area contributed by atoms with Crippen LogP contribution in [0.2, 0.25) is 0 Å². The average Bonchev–Trinajstić information content (AvgIpc) is 2.76. The van der Waals surface area contributed by atoms with E-state index in [0.29, 0.717) is 0 Å². The molecule has 0 aromatic heterocycles. The third-order valence-corrected chi connectivity index (χ3v) is 4.63. The molecule has 0 bridgehead atoms. The first-order valence-electron chi connectivity index (χ1n) is 7.19. The first-order valence-corrected chi connectivity index (χ1v) is 7.19. The van der Waals surface area contributed by atoms with Crippen molar-refractivity contribution in [3.05, 3.63) is 0 Å². The van der Waals surface area contributed by atoms with Gasteiger partial charge in [-0.2, -0.15) is 0 Å². The van der Waals surface area contributed by atoms with Crippen molar-refractivity contribution < 1.29 is 5.11 Å². The zero-order valence-corrected chi connectivity index (χ0v) is 10.6. The van der Waals surface area contributed by atoms with Gasteiger partial charge in [0.1, 0.15) is 0 Å². The zero-order chi connectivity index (χ0) is 11.4. The second-order valence-corrected chi connectivity index (χ2v) is 5.87. The quantitative estimate of drug-likeness (QED) is 0.771. The van der Waals surface area contributed by atoms with Gasteiger partial charge in [-0.3, -0.25) is 0 Å². The van der Waals surface area contributed by atoms with Crippen LogP contribution in [0.4, 0.5) is 0 Å². The fraction of sp³-hybridized carbons (Fsp3) is 1.00. The number of hydrogen-bond donors (Lipinski definition) is 2. The number of aliphatic hydroxyl groups is 1. The number of hydrogen-bond acceptors (Lipinski definition) is 2. The molecule has 0 saturated heterocycles. The molecule has 2 unspecified atom stereocenters. The Morgan fingerprint density at radius 1 is 1.00 bits per heavy atom. The van der Waals surface area contributed by atoms with Gasteiger partial charge in [-0.1, -0.05) is 13.3 Å². The van der Waals surface area contributed by atoms with Crippen molar-refractivity contribution in [2.75, 3.05) is 6.54 Å². The minimum atomic E-state index is -0.00722. The highest BCUT2D eigenvalue weighted by atomic mass is 16.3. The largest absolute Gasteiger partial charge is 0.393 e. The lowest BCUT2D eigenvalue weighted by molar-refractivity contribution is 0.107. The molecule has 2 fully saturated rings. The highest BCUT2D eigenvalue weighted by Crippen LogP contribution is 2.29. The summed E-state index contributed by atoms with van der Waals surface area (Å²) in [4.78, 5) is 0. The van der Waals surface area contributed by atoms with Crippen LogP contribution >= 0.6 is 0 Å². The van der Waals surface area contributed by atoms with E-state index in [-0.39, 0.29) is 6.10 Å². The normalized spacial score (nSPS) is 40.1. The third-order valence-electron chi connectivity index (χ3n) is 4.63. The third kappa shape index (κ3) is 3.46. The Kier molecular flexibility index (Phi) is 4.66. The first-order chi connectivity index (χ1) is 7.78. The molecule has 2 aliphatic rings. The molecule has 2 N–H and O–H groups in total. The van der Waals surface area contributed by atoms with Gasteiger partial charge in [-0.05, 0) is 63.3 Å². The van der Waals surface area contributed by atoms with E-state index in [9.17, 15) is 5.11 Å². The van der Waals surface area contributed by atoms with Gasteiger partial charge in [-0.15, -0.1) is 0 Å². The standard InChI is InChI=1S/C14H27NO/c1-2-11-3-6-13(9-11)15-10-12-4-7-14(16)8-5-12/h11-16H,2-10H2,1H3. The van der Waals surface area contributed by atoms with Crippen molar-refractivity contribution in [1.29, 1.82) is 0 Å². The summed E-state index contributed by atoms with van der Waals surface area (Å²) >= 11 is 0. The van der Waals surface area contributed by atoms with E-state index >= 15 is 0 Å². The van der Waals surface area contributed by atoms with Gasteiger partial charge < -0.3 is 10.4 Å². The predicted octanol–water partition coefficient (Wildman–Crippen LogP) is 2.71. The molecule has 0 radical (unpaired) electrons. The SMILES string of the molecule is CCC1CCC(NCC2CCC(O)CC2)C1. The van der Waals surface area contributed by atoms with Crippen LogP contribution in [0.25, 0.3) is 0 Å². The molecule has 0 spiro atoms. The van der Waals surface area contributed by atoms with Crippen LogP contribution in [0, 0.1) is 11.8 Å². The second kappa shape index (κ2) is 6.02. The first kappa shape index (κ1) is 12.4. The number of aliphatic hydroxyl groups excluding tert-OH is 1. The van der Waals surface area contributed by atoms with Crippen LogP contribution in [0.1, 0.15) is 58.3 Å². The number of nitrogens with one attached hydrogen (secondary N) is 1. The van der Waals surface area contributed by atoms with Crippen molar-refractivity contribution in [3.8, 4) is 0 Å². The molecule has 2 aliphatic carbocycles.